The Bertz CT molecular complexity index is 614. The molecule has 1 unspecified atom stereocenters. The maximum Gasteiger partial charge on any atom is 0.225 e. The number of para-hydroxylation sites is 1. The fourth-order valence-electron chi connectivity index (χ4n) is 4.02. The molecule has 1 atom stereocenters. The minimum atomic E-state index is 0. The van der Waals surface area contributed by atoms with Gasteiger partial charge in [0.1, 0.15) is 0 Å². The van der Waals surface area contributed by atoms with Crippen LogP contribution in [0.25, 0.3) is 0 Å². The van der Waals surface area contributed by atoms with Crippen molar-refractivity contribution in [3.05, 3.63) is 29.8 Å². The smallest absolute Gasteiger partial charge is 0.225 e. The molecule has 5 nitrogen and oxygen atoms in total. The molecule has 2 aliphatic rings. The SMILES string of the molecule is CN=C(NCCCC1CCCC1)NCC1CC(=O)Nc2ccccc21.I. The highest BCUT2D eigenvalue weighted by molar-refractivity contribution is 14.0. The van der Waals surface area contributed by atoms with Crippen LogP contribution in [0.4, 0.5) is 5.69 Å². The maximum absolute atomic E-state index is 11.9. The molecule has 0 aromatic heterocycles. The quantitative estimate of drug-likeness (QED) is 0.256. The van der Waals surface area contributed by atoms with Crippen LogP contribution in [0.2, 0.25) is 0 Å². The zero-order chi connectivity index (χ0) is 17.5. The van der Waals surface area contributed by atoms with Crippen LogP contribution >= 0.6 is 24.0 Å². The highest BCUT2D eigenvalue weighted by Crippen LogP contribution is 2.31. The Kier molecular flexibility index (Phi) is 8.68. The zero-order valence-corrected chi connectivity index (χ0v) is 17.9. The van der Waals surface area contributed by atoms with Crippen molar-refractivity contribution >= 4 is 41.5 Å². The van der Waals surface area contributed by atoms with Crippen molar-refractivity contribution in [3.63, 3.8) is 0 Å². The molecule has 3 rings (SSSR count). The third-order valence-electron chi connectivity index (χ3n) is 5.40. The van der Waals surface area contributed by atoms with Gasteiger partial charge in [0.15, 0.2) is 5.96 Å². The van der Waals surface area contributed by atoms with Gasteiger partial charge in [0, 0.05) is 38.2 Å². The van der Waals surface area contributed by atoms with Gasteiger partial charge in [-0.3, -0.25) is 9.79 Å². The molecule has 0 radical (unpaired) electrons. The van der Waals surface area contributed by atoms with Gasteiger partial charge in [-0.1, -0.05) is 43.9 Å². The van der Waals surface area contributed by atoms with E-state index in [0.29, 0.717) is 13.0 Å². The summed E-state index contributed by atoms with van der Waals surface area (Å²) in [6, 6.07) is 8.05. The van der Waals surface area contributed by atoms with Gasteiger partial charge in [0.25, 0.3) is 0 Å². The van der Waals surface area contributed by atoms with Crippen LogP contribution in [0.5, 0.6) is 0 Å². The van der Waals surface area contributed by atoms with E-state index in [-0.39, 0.29) is 35.8 Å². The molecule has 0 bridgehead atoms. The van der Waals surface area contributed by atoms with Crippen molar-refractivity contribution in [3.8, 4) is 0 Å². The van der Waals surface area contributed by atoms with Crippen LogP contribution < -0.4 is 16.0 Å². The number of benzene rings is 1. The van der Waals surface area contributed by atoms with Gasteiger partial charge in [0.05, 0.1) is 0 Å². The van der Waals surface area contributed by atoms with E-state index < -0.39 is 0 Å². The Morgan fingerprint density at radius 2 is 2.00 bits per heavy atom. The van der Waals surface area contributed by atoms with E-state index in [1.165, 1.54) is 44.1 Å². The van der Waals surface area contributed by atoms with Gasteiger partial charge in [-0.15, -0.1) is 24.0 Å². The average molecular weight is 470 g/mol. The summed E-state index contributed by atoms with van der Waals surface area (Å²) in [7, 11) is 1.80. The molecule has 1 saturated carbocycles. The fourth-order valence-corrected chi connectivity index (χ4v) is 4.02. The lowest BCUT2D eigenvalue weighted by Crippen LogP contribution is -2.41. The monoisotopic (exact) mass is 470 g/mol. The predicted molar refractivity (Wildman–Crippen MR) is 118 cm³/mol. The number of hydrogen-bond donors (Lipinski definition) is 3. The standard InChI is InChI=1S/C20H30N4O.HI/c1-21-20(22-12-6-9-15-7-2-3-8-15)23-14-16-13-19(25)24-18-11-5-4-10-17(16)18;/h4-5,10-11,15-16H,2-3,6-9,12-14H2,1H3,(H,24,25)(H2,21,22,23);1H. The fraction of sp³-hybridized carbons (Fsp3) is 0.600. The Morgan fingerprint density at radius 1 is 1.23 bits per heavy atom. The summed E-state index contributed by atoms with van der Waals surface area (Å²) >= 11 is 0. The van der Waals surface area contributed by atoms with Crippen molar-refractivity contribution < 1.29 is 4.79 Å². The first-order valence-electron chi connectivity index (χ1n) is 9.59. The number of aliphatic imine (C=N–C) groups is 1. The number of fused-ring (bicyclic) bond motifs is 1. The van der Waals surface area contributed by atoms with Crippen LogP contribution in [-0.2, 0) is 4.79 Å². The highest BCUT2D eigenvalue weighted by atomic mass is 127. The maximum atomic E-state index is 11.9. The molecule has 144 valence electrons. The molecular formula is C20H31IN4O. The molecular weight excluding hydrogens is 439 g/mol. The second kappa shape index (κ2) is 10.7. The van der Waals surface area contributed by atoms with Crippen LogP contribution in [0.15, 0.2) is 29.3 Å². The van der Waals surface area contributed by atoms with E-state index in [0.717, 1.165) is 24.1 Å². The largest absolute Gasteiger partial charge is 0.356 e. The molecule has 1 amide bonds. The molecule has 1 aromatic carbocycles. The molecule has 1 aliphatic heterocycles. The minimum absolute atomic E-state index is 0. The summed E-state index contributed by atoms with van der Waals surface area (Å²) in [6.45, 7) is 1.67. The topological polar surface area (TPSA) is 65.5 Å². The summed E-state index contributed by atoms with van der Waals surface area (Å²) in [5.41, 5.74) is 2.14. The van der Waals surface area contributed by atoms with Gasteiger partial charge in [-0.05, 0) is 30.4 Å². The lowest BCUT2D eigenvalue weighted by molar-refractivity contribution is -0.116. The number of hydrogen-bond acceptors (Lipinski definition) is 2. The van der Waals surface area contributed by atoms with Crippen LogP contribution in [0.3, 0.4) is 0 Å². The van der Waals surface area contributed by atoms with E-state index in [1.54, 1.807) is 7.05 Å². The molecule has 1 heterocycles. The molecule has 1 aliphatic carbocycles. The van der Waals surface area contributed by atoms with Crippen LogP contribution in [0.1, 0.15) is 56.4 Å². The van der Waals surface area contributed by atoms with Gasteiger partial charge < -0.3 is 16.0 Å². The van der Waals surface area contributed by atoms with Crippen LogP contribution in [0, 0.1) is 5.92 Å². The van der Waals surface area contributed by atoms with E-state index in [4.69, 9.17) is 0 Å². The molecule has 1 aromatic rings. The number of guanidine groups is 1. The number of rotatable bonds is 6. The minimum Gasteiger partial charge on any atom is -0.356 e. The van der Waals surface area contributed by atoms with E-state index in [1.807, 2.05) is 18.2 Å². The zero-order valence-electron chi connectivity index (χ0n) is 15.6. The summed E-state index contributed by atoms with van der Waals surface area (Å²) in [6.07, 6.45) is 8.69. The first-order valence-corrected chi connectivity index (χ1v) is 9.59. The third-order valence-corrected chi connectivity index (χ3v) is 5.40. The second-order valence-corrected chi connectivity index (χ2v) is 7.21. The Balaban J connectivity index is 0.00000243. The normalized spacial score (nSPS) is 20.1. The Labute approximate surface area is 173 Å². The average Bonchev–Trinajstić information content (AvgIpc) is 3.14. The first kappa shape index (κ1) is 21.0. The van der Waals surface area contributed by atoms with Crippen molar-refractivity contribution in [2.45, 2.75) is 50.9 Å². The van der Waals surface area contributed by atoms with Gasteiger partial charge in [-0.2, -0.15) is 0 Å². The number of halogens is 1. The number of amides is 1. The van der Waals surface area contributed by atoms with Gasteiger partial charge >= 0.3 is 0 Å². The third kappa shape index (κ3) is 5.86. The van der Waals surface area contributed by atoms with Crippen molar-refractivity contribution in [2.75, 3.05) is 25.5 Å². The number of anilines is 1. The van der Waals surface area contributed by atoms with Crippen LogP contribution in [-0.4, -0.2) is 32.0 Å². The highest BCUT2D eigenvalue weighted by Gasteiger charge is 2.24. The molecule has 0 saturated heterocycles. The second-order valence-electron chi connectivity index (χ2n) is 7.21. The van der Waals surface area contributed by atoms with Gasteiger partial charge in [0.2, 0.25) is 5.91 Å². The van der Waals surface area contributed by atoms with Gasteiger partial charge in [-0.25, -0.2) is 0 Å². The molecule has 26 heavy (non-hydrogen) atoms. The van der Waals surface area contributed by atoms with E-state index in [2.05, 4.69) is 27.0 Å². The van der Waals surface area contributed by atoms with Crippen molar-refractivity contribution in [2.24, 2.45) is 10.9 Å². The molecule has 6 heteroatoms. The number of carbonyl (C=O) groups is 1. The van der Waals surface area contributed by atoms with E-state index >= 15 is 0 Å². The molecule has 1 fully saturated rings. The Hall–Kier alpha value is -1.31. The first-order chi connectivity index (χ1) is 12.3. The molecule has 0 spiro atoms. The lowest BCUT2D eigenvalue weighted by Gasteiger charge is -2.26. The molecule has 3 N–H and O–H groups in total. The predicted octanol–water partition coefficient (Wildman–Crippen LogP) is 3.87. The summed E-state index contributed by atoms with van der Waals surface area (Å²) in [5, 5.41) is 9.74. The number of carbonyl (C=O) groups excluding carboxylic acids is 1. The summed E-state index contributed by atoms with van der Waals surface area (Å²) < 4.78 is 0. The lowest BCUT2D eigenvalue weighted by atomic mass is 9.90. The van der Waals surface area contributed by atoms with Crippen molar-refractivity contribution in [1.29, 1.82) is 0 Å². The summed E-state index contributed by atoms with van der Waals surface area (Å²) in [5.74, 6) is 2.04. The Morgan fingerprint density at radius 3 is 2.77 bits per heavy atom. The van der Waals surface area contributed by atoms with Crippen molar-refractivity contribution in [1.82, 2.24) is 10.6 Å². The number of nitrogens with one attached hydrogen (secondary N) is 3. The van der Waals surface area contributed by atoms with E-state index in [9.17, 15) is 4.79 Å². The summed E-state index contributed by atoms with van der Waals surface area (Å²) in [4.78, 5) is 16.2. The number of nitrogens with zero attached hydrogens (tertiary/aromatic N) is 1.